The third-order valence-electron chi connectivity index (χ3n) is 4.20. The summed E-state index contributed by atoms with van der Waals surface area (Å²) >= 11 is 3.24. The van der Waals surface area contributed by atoms with E-state index in [0.717, 1.165) is 25.8 Å². The Bertz CT molecular complexity index is 599. The van der Waals surface area contributed by atoms with E-state index >= 15 is 0 Å². The summed E-state index contributed by atoms with van der Waals surface area (Å²) in [6, 6.07) is 1.82. The molecule has 1 aromatic heterocycles. The van der Waals surface area contributed by atoms with Crippen LogP contribution in [0.2, 0.25) is 0 Å². The fraction of sp³-hybridized carbons (Fsp3) is 0.692. The molecule has 1 aliphatic heterocycles. The Morgan fingerprint density at radius 1 is 1.50 bits per heavy atom. The second-order valence-electron chi connectivity index (χ2n) is 5.54. The van der Waals surface area contributed by atoms with Gasteiger partial charge in [-0.2, -0.15) is 4.31 Å². The summed E-state index contributed by atoms with van der Waals surface area (Å²) in [6.45, 7) is 4.01. The lowest BCUT2D eigenvalue weighted by Gasteiger charge is -2.25. The highest BCUT2D eigenvalue weighted by molar-refractivity contribution is 9.10. The maximum atomic E-state index is 12.7. The minimum atomic E-state index is -3.44. The highest BCUT2D eigenvalue weighted by Crippen LogP contribution is 2.41. The molecule has 112 valence electrons. The number of piperidine rings is 1. The van der Waals surface area contributed by atoms with E-state index in [-0.39, 0.29) is 10.9 Å². The molecular weight excluding hydrogens is 344 g/mol. The van der Waals surface area contributed by atoms with E-state index in [2.05, 4.69) is 21.2 Å². The lowest BCUT2D eigenvalue weighted by Crippen LogP contribution is -2.37. The summed E-state index contributed by atoms with van der Waals surface area (Å²) in [5, 5.41) is 3.13. The van der Waals surface area contributed by atoms with Crippen LogP contribution in [0, 0.1) is 5.92 Å². The Kier molecular flexibility index (Phi) is 3.96. The number of nitrogens with one attached hydrogen (secondary N) is 1. The van der Waals surface area contributed by atoms with Crippen LogP contribution in [0.5, 0.6) is 0 Å². The van der Waals surface area contributed by atoms with Crippen molar-refractivity contribution in [1.29, 1.82) is 0 Å². The van der Waals surface area contributed by atoms with Gasteiger partial charge in [0.15, 0.2) is 4.67 Å². The highest BCUT2D eigenvalue weighted by atomic mass is 79.9. The third kappa shape index (κ3) is 2.45. The van der Waals surface area contributed by atoms with E-state index in [1.165, 1.54) is 0 Å². The van der Waals surface area contributed by atoms with Gasteiger partial charge in [0.1, 0.15) is 10.7 Å². The number of fused-ring (bicyclic) bond motifs is 2. The second kappa shape index (κ2) is 5.44. The van der Waals surface area contributed by atoms with Gasteiger partial charge in [-0.3, -0.25) is 0 Å². The Hall–Kier alpha value is -0.370. The van der Waals surface area contributed by atoms with E-state index in [0.29, 0.717) is 29.4 Å². The number of nitrogens with zero attached hydrogens (tertiary/aromatic N) is 1. The van der Waals surface area contributed by atoms with Crippen LogP contribution in [-0.2, 0) is 16.6 Å². The predicted octanol–water partition coefficient (Wildman–Crippen LogP) is 2.32. The molecule has 2 aliphatic rings. The van der Waals surface area contributed by atoms with E-state index in [9.17, 15) is 8.42 Å². The van der Waals surface area contributed by atoms with E-state index < -0.39 is 10.0 Å². The molecule has 0 radical (unpaired) electrons. The number of hydrogen-bond acceptors (Lipinski definition) is 4. The van der Waals surface area contributed by atoms with Crippen molar-refractivity contribution in [2.75, 3.05) is 13.1 Å². The third-order valence-corrected chi connectivity index (χ3v) is 6.98. The van der Waals surface area contributed by atoms with Crippen LogP contribution in [0.4, 0.5) is 0 Å². The fourth-order valence-electron chi connectivity index (χ4n) is 3.21. The summed E-state index contributed by atoms with van der Waals surface area (Å²) in [7, 11) is -3.44. The first kappa shape index (κ1) is 14.6. The van der Waals surface area contributed by atoms with Crippen LogP contribution in [-0.4, -0.2) is 31.9 Å². The summed E-state index contributed by atoms with van der Waals surface area (Å²) in [5.74, 6) is 1.18. The molecule has 2 bridgehead atoms. The molecule has 1 saturated heterocycles. The number of sulfonamides is 1. The minimum absolute atomic E-state index is 0.184. The predicted molar refractivity (Wildman–Crippen MR) is 78.8 cm³/mol. The van der Waals surface area contributed by atoms with Crippen molar-refractivity contribution in [1.82, 2.24) is 9.62 Å². The largest absolute Gasteiger partial charge is 0.452 e. The maximum absolute atomic E-state index is 12.7. The number of furan rings is 1. The van der Waals surface area contributed by atoms with Gasteiger partial charge in [0.05, 0.1) is 6.54 Å². The zero-order chi connectivity index (χ0) is 14.3. The first-order valence-electron chi connectivity index (χ1n) is 7.03. The van der Waals surface area contributed by atoms with Crippen molar-refractivity contribution in [3.05, 3.63) is 16.5 Å². The molecule has 1 saturated carbocycles. The Morgan fingerprint density at radius 2 is 2.30 bits per heavy atom. The SMILES string of the molecule is CCNCc1cc(S(=O)(=O)N2CC3CCC2C3)c(Br)o1. The smallest absolute Gasteiger partial charge is 0.247 e. The summed E-state index contributed by atoms with van der Waals surface area (Å²) in [5.41, 5.74) is 0. The molecule has 2 fully saturated rings. The van der Waals surface area contributed by atoms with Gasteiger partial charge in [-0.15, -0.1) is 0 Å². The standard InChI is InChI=1S/C13H19BrN2O3S/c1-2-15-7-11-6-12(13(14)19-11)20(17,18)16-8-9-3-4-10(16)5-9/h6,9-10,15H,2-5,7-8H2,1H3. The van der Waals surface area contributed by atoms with Crippen LogP contribution in [0.3, 0.4) is 0 Å². The Morgan fingerprint density at radius 3 is 2.90 bits per heavy atom. The van der Waals surface area contributed by atoms with Crippen molar-refractivity contribution >= 4 is 26.0 Å². The molecule has 1 aliphatic carbocycles. The number of rotatable bonds is 5. The van der Waals surface area contributed by atoms with Gasteiger partial charge in [0.2, 0.25) is 10.0 Å². The molecule has 2 atom stereocenters. The van der Waals surface area contributed by atoms with Gasteiger partial charge in [0, 0.05) is 18.7 Å². The lowest BCUT2D eigenvalue weighted by atomic mass is 10.1. The van der Waals surface area contributed by atoms with Gasteiger partial charge >= 0.3 is 0 Å². The molecule has 1 N–H and O–H groups in total. The van der Waals surface area contributed by atoms with Crippen LogP contribution in [0.1, 0.15) is 31.9 Å². The summed E-state index contributed by atoms with van der Waals surface area (Å²) in [6.07, 6.45) is 3.16. The van der Waals surface area contributed by atoms with Crippen LogP contribution in [0.25, 0.3) is 0 Å². The zero-order valence-electron chi connectivity index (χ0n) is 11.4. The first-order valence-corrected chi connectivity index (χ1v) is 9.26. The van der Waals surface area contributed by atoms with E-state index in [1.807, 2.05) is 6.92 Å². The van der Waals surface area contributed by atoms with E-state index in [4.69, 9.17) is 4.42 Å². The van der Waals surface area contributed by atoms with Crippen molar-refractivity contribution in [2.45, 2.75) is 43.7 Å². The molecule has 5 nitrogen and oxygen atoms in total. The average molecular weight is 363 g/mol. The average Bonchev–Trinajstić information content (AvgIpc) is 3.10. The highest BCUT2D eigenvalue weighted by Gasteiger charge is 2.45. The summed E-state index contributed by atoms with van der Waals surface area (Å²) < 4.78 is 33.0. The molecule has 0 spiro atoms. The molecular formula is C13H19BrN2O3S. The normalized spacial score (nSPS) is 26.5. The van der Waals surface area contributed by atoms with Gasteiger partial charge < -0.3 is 9.73 Å². The fourth-order valence-corrected chi connectivity index (χ4v) is 5.91. The first-order chi connectivity index (χ1) is 9.52. The van der Waals surface area contributed by atoms with Gasteiger partial charge in [-0.25, -0.2) is 8.42 Å². The molecule has 0 aromatic carbocycles. The molecule has 7 heteroatoms. The Balaban J connectivity index is 1.86. The minimum Gasteiger partial charge on any atom is -0.452 e. The molecule has 2 heterocycles. The van der Waals surface area contributed by atoms with Gasteiger partial charge in [0.25, 0.3) is 0 Å². The van der Waals surface area contributed by atoms with Crippen molar-refractivity contribution in [3.8, 4) is 0 Å². The number of halogens is 1. The lowest BCUT2D eigenvalue weighted by molar-refractivity contribution is 0.332. The zero-order valence-corrected chi connectivity index (χ0v) is 13.8. The molecule has 20 heavy (non-hydrogen) atoms. The monoisotopic (exact) mass is 362 g/mol. The van der Waals surface area contributed by atoms with Crippen LogP contribution >= 0.6 is 15.9 Å². The Labute approximate surface area is 127 Å². The summed E-state index contributed by atoms with van der Waals surface area (Å²) in [4.78, 5) is 0.262. The van der Waals surface area contributed by atoms with Crippen LogP contribution in [0.15, 0.2) is 20.0 Å². The molecule has 3 rings (SSSR count). The topological polar surface area (TPSA) is 62.6 Å². The van der Waals surface area contributed by atoms with Gasteiger partial charge in [-0.1, -0.05) is 6.92 Å². The second-order valence-corrected chi connectivity index (χ2v) is 8.12. The van der Waals surface area contributed by atoms with Crippen molar-refractivity contribution in [2.24, 2.45) is 5.92 Å². The van der Waals surface area contributed by atoms with Crippen molar-refractivity contribution < 1.29 is 12.8 Å². The van der Waals surface area contributed by atoms with Gasteiger partial charge in [-0.05, 0) is 47.7 Å². The van der Waals surface area contributed by atoms with Crippen LogP contribution < -0.4 is 5.32 Å². The maximum Gasteiger partial charge on any atom is 0.247 e. The molecule has 1 aromatic rings. The molecule has 0 amide bonds. The quantitative estimate of drug-likeness (QED) is 0.872. The van der Waals surface area contributed by atoms with Crippen molar-refractivity contribution in [3.63, 3.8) is 0 Å². The number of hydrogen-bond donors (Lipinski definition) is 1. The van der Waals surface area contributed by atoms with E-state index in [1.54, 1.807) is 10.4 Å². The molecule has 2 unspecified atom stereocenters.